The number of amides is 1. The molecule has 3 rings (SSSR count). The molecule has 0 aliphatic rings. The lowest BCUT2D eigenvalue weighted by Crippen LogP contribution is -2.35. The van der Waals surface area contributed by atoms with Crippen LogP contribution < -0.4 is 5.32 Å². The highest BCUT2D eigenvalue weighted by molar-refractivity contribution is 5.83. The molecule has 0 unspecified atom stereocenters. The first kappa shape index (κ1) is 18.1. The van der Waals surface area contributed by atoms with Gasteiger partial charge in [0, 0.05) is 13.1 Å². The third-order valence-electron chi connectivity index (χ3n) is 4.33. The van der Waals surface area contributed by atoms with E-state index in [0.29, 0.717) is 19.5 Å². The highest BCUT2D eigenvalue weighted by Gasteiger charge is 2.07. The summed E-state index contributed by atoms with van der Waals surface area (Å²) in [5.74, 6) is -0.247. The standard InChI is InChI=1S/C22H23FN2O/c1-25(15-18-6-9-19-4-2-3-5-20(19)14-18)16-22(26)24-13-12-17-7-10-21(23)11-8-17/h2-11,14H,12-13,15-16H2,1H3,(H,24,26). The number of nitrogens with zero attached hydrogens (tertiary/aromatic N) is 1. The van der Waals surface area contributed by atoms with Crippen molar-refractivity contribution in [2.75, 3.05) is 20.1 Å². The summed E-state index contributed by atoms with van der Waals surface area (Å²) in [6.07, 6.45) is 0.695. The minimum atomic E-state index is -0.242. The molecule has 0 heterocycles. The van der Waals surface area contributed by atoms with Crippen LogP contribution in [0.15, 0.2) is 66.7 Å². The fourth-order valence-electron chi connectivity index (χ4n) is 3.00. The summed E-state index contributed by atoms with van der Waals surface area (Å²) in [6.45, 7) is 1.61. The summed E-state index contributed by atoms with van der Waals surface area (Å²) in [4.78, 5) is 14.1. The van der Waals surface area contributed by atoms with Crippen LogP contribution in [0.25, 0.3) is 10.8 Å². The molecule has 0 saturated carbocycles. The second kappa shape index (κ2) is 8.59. The second-order valence-corrected chi connectivity index (χ2v) is 6.58. The van der Waals surface area contributed by atoms with Gasteiger partial charge in [-0.05, 0) is 53.6 Å². The number of halogens is 1. The molecule has 0 bridgehead atoms. The van der Waals surface area contributed by atoms with Gasteiger partial charge >= 0.3 is 0 Å². The molecule has 0 aliphatic heterocycles. The lowest BCUT2D eigenvalue weighted by atomic mass is 10.1. The average molecular weight is 350 g/mol. The number of carbonyl (C=O) groups is 1. The molecule has 1 N–H and O–H groups in total. The van der Waals surface area contributed by atoms with Crippen molar-refractivity contribution in [1.29, 1.82) is 0 Å². The smallest absolute Gasteiger partial charge is 0.234 e. The van der Waals surface area contributed by atoms with Crippen molar-refractivity contribution in [3.8, 4) is 0 Å². The maximum absolute atomic E-state index is 12.9. The summed E-state index contributed by atoms with van der Waals surface area (Å²) in [5.41, 5.74) is 2.20. The van der Waals surface area contributed by atoms with Crippen LogP contribution in [0, 0.1) is 5.82 Å². The van der Waals surface area contributed by atoms with E-state index in [2.05, 4.69) is 35.6 Å². The maximum atomic E-state index is 12.9. The Kier molecular flexibility index (Phi) is 5.97. The summed E-state index contributed by atoms with van der Waals surface area (Å²) < 4.78 is 12.9. The molecule has 3 aromatic rings. The van der Waals surface area contributed by atoms with Crippen molar-refractivity contribution in [1.82, 2.24) is 10.2 Å². The number of likely N-dealkylation sites (N-methyl/N-ethyl adjacent to an activating group) is 1. The predicted molar refractivity (Wildman–Crippen MR) is 103 cm³/mol. The van der Waals surface area contributed by atoms with Gasteiger partial charge in [-0.1, -0.05) is 48.5 Å². The summed E-state index contributed by atoms with van der Waals surface area (Å²) in [6, 6.07) is 21.0. The summed E-state index contributed by atoms with van der Waals surface area (Å²) >= 11 is 0. The Morgan fingerprint density at radius 2 is 1.65 bits per heavy atom. The Morgan fingerprint density at radius 3 is 2.42 bits per heavy atom. The van der Waals surface area contributed by atoms with E-state index in [-0.39, 0.29) is 11.7 Å². The first-order valence-corrected chi connectivity index (χ1v) is 8.77. The molecule has 0 aromatic heterocycles. The third kappa shape index (κ3) is 5.14. The fraction of sp³-hybridized carbons (Fsp3) is 0.227. The molecular weight excluding hydrogens is 327 g/mol. The largest absolute Gasteiger partial charge is 0.355 e. The van der Waals surface area contributed by atoms with Crippen molar-refractivity contribution >= 4 is 16.7 Å². The fourth-order valence-corrected chi connectivity index (χ4v) is 3.00. The molecule has 4 heteroatoms. The van der Waals surface area contributed by atoms with E-state index < -0.39 is 0 Å². The van der Waals surface area contributed by atoms with Crippen LogP contribution in [-0.4, -0.2) is 30.9 Å². The number of fused-ring (bicyclic) bond motifs is 1. The normalized spacial score (nSPS) is 11.0. The SMILES string of the molecule is CN(CC(=O)NCCc1ccc(F)cc1)Cc1ccc2ccccc2c1. The van der Waals surface area contributed by atoms with Crippen LogP contribution in [0.3, 0.4) is 0 Å². The van der Waals surface area contributed by atoms with Gasteiger partial charge < -0.3 is 5.32 Å². The molecule has 0 radical (unpaired) electrons. The van der Waals surface area contributed by atoms with Gasteiger partial charge in [0.25, 0.3) is 0 Å². The predicted octanol–water partition coefficient (Wildman–Crippen LogP) is 3.77. The highest BCUT2D eigenvalue weighted by Crippen LogP contribution is 2.16. The Balaban J connectivity index is 1.45. The van der Waals surface area contributed by atoms with Crippen molar-refractivity contribution in [3.63, 3.8) is 0 Å². The Morgan fingerprint density at radius 1 is 0.962 bits per heavy atom. The van der Waals surface area contributed by atoms with Gasteiger partial charge in [0.15, 0.2) is 0 Å². The Hall–Kier alpha value is -2.72. The van der Waals surface area contributed by atoms with Crippen molar-refractivity contribution in [2.45, 2.75) is 13.0 Å². The zero-order valence-corrected chi connectivity index (χ0v) is 14.9. The van der Waals surface area contributed by atoms with Crippen LogP contribution in [0.2, 0.25) is 0 Å². The average Bonchev–Trinajstić information content (AvgIpc) is 2.63. The van der Waals surface area contributed by atoms with Crippen molar-refractivity contribution < 1.29 is 9.18 Å². The zero-order chi connectivity index (χ0) is 18.4. The minimum Gasteiger partial charge on any atom is -0.355 e. The lowest BCUT2D eigenvalue weighted by Gasteiger charge is -2.17. The lowest BCUT2D eigenvalue weighted by molar-refractivity contribution is -0.122. The van der Waals surface area contributed by atoms with Crippen LogP contribution in [0.4, 0.5) is 4.39 Å². The number of benzene rings is 3. The van der Waals surface area contributed by atoms with Gasteiger partial charge in [-0.3, -0.25) is 9.69 Å². The van der Waals surface area contributed by atoms with E-state index in [4.69, 9.17) is 0 Å². The van der Waals surface area contributed by atoms with Gasteiger partial charge in [0.2, 0.25) is 5.91 Å². The molecule has 26 heavy (non-hydrogen) atoms. The van der Waals surface area contributed by atoms with Crippen LogP contribution in [-0.2, 0) is 17.8 Å². The maximum Gasteiger partial charge on any atom is 0.234 e. The number of rotatable bonds is 7. The molecular formula is C22H23FN2O. The van der Waals surface area contributed by atoms with E-state index in [9.17, 15) is 9.18 Å². The Bertz CT molecular complexity index is 877. The number of hydrogen-bond donors (Lipinski definition) is 1. The first-order chi connectivity index (χ1) is 12.6. The van der Waals surface area contributed by atoms with Crippen LogP contribution >= 0.6 is 0 Å². The van der Waals surface area contributed by atoms with Gasteiger partial charge in [-0.25, -0.2) is 4.39 Å². The molecule has 3 nitrogen and oxygen atoms in total. The van der Waals surface area contributed by atoms with E-state index in [1.807, 2.05) is 24.1 Å². The molecule has 0 saturated heterocycles. The molecule has 0 spiro atoms. The van der Waals surface area contributed by atoms with E-state index in [1.165, 1.54) is 28.5 Å². The van der Waals surface area contributed by atoms with Gasteiger partial charge in [-0.2, -0.15) is 0 Å². The molecule has 0 fully saturated rings. The topological polar surface area (TPSA) is 32.3 Å². The molecule has 1 amide bonds. The monoisotopic (exact) mass is 350 g/mol. The number of hydrogen-bond acceptors (Lipinski definition) is 2. The first-order valence-electron chi connectivity index (χ1n) is 8.77. The third-order valence-corrected chi connectivity index (χ3v) is 4.33. The zero-order valence-electron chi connectivity index (χ0n) is 14.9. The summed E-state index contributed by atoms with van der Waals surface area (Å²) in [5, 5.41) is 5.35. The van der Waals surface area contributed by atoms with Gasteiger partial charge in [-0.15, -0.1) is 0 Å². The summed E-state index contributed by atoms with van der Waals surface area (Å²) in [7, 11) is 1.94. The van der Waals surface area contributed by atoms with Gasteiger partial charge in [0.05, 0.1) is 6.54 Å². The van der Waals surface area contributed by atoms with Crippen LogP contribution in [0.5, 0.6) is 0 Å². The van der Waals surface area contributed by atoms with Gasteiger partial charge in [0.1, 0.15) is 5.82 Å². The Labute approximate surface area is 153 Å². The van der Waals surface area contributed by atoms with E-state index >= 15 is 0 Å². The van der Waals surface area contributed by atoms with E-state index in [1.54, 1.807) is 12.1 Å². The number of carbonyl (C=O) groups excluding carboxylic acids is 1. The van der Waals surface area contributed by atoms with Crippen molar-refractivity contribution in [2.24, 2.45) is 0 Å². The second-order valence-electron chi connectivity index (χ2n) is 6.58. The number of nitrogens with one attached hydrogen (secondary N) is 1. The highest BCUT2D eigenvalue weighted by atomic mass is 19.1. The van der Waals surface area contributed by atoms with E-state index in [0.717, 1.165) is 12.1 Å². The molecule has 0 atom stereocenters. The molecule has 134 valence electrons. The minimum absolute atomic E-state index is 0.00426. The van der Waals surface area contributed by atoms with Crippen LogP contribution in [0.1, 0.15) is 11.1 Å². The quantitative estimate of drug-likeness (QED) is 0.703. The molecule has 3 aromatic carbocycles. The van der Waals surface area contributed by atoms with Crippen molar-refractivity contribution in [3.05, 3.63) is 83.7 Å². The molecule has 0 aliphatic carbocycles.